The molecule has 5 heterocycles. The number of aromatic nitrogens is 5. The third kappa shape index (κ3) is 3.47. The predicted octanol–water partition coefficient (Wildman–Crippen LogP) is 3.65. The van der Waals surface area contributed by atoms with Gasteiger partial charge in [-0.1, -0.05) is 11.8 Å². The van der Waals surface area contributed by atoms with E-state index in [4.69, 9.17) is 10.7 Å². The number of fused-ring (bicyclic) bond motifs is 2. The van der Waals surface area contributed by atoms with Crippen LogP contribution in [0, 0.1) is 12.3 Å². The van der Waals surface area contributed by atoms with Crippen LogP contribution in [0.1, 0.15) is 29.7 Å². The molecular formula is C24H25N7OS. The monoisotopic (exact) mass is 459 g/mol. The van der Waals surface area contributed by atoms with Gasteiger partial charge in [-0.2, -0.15) is 0 Å². The fourth-order valence-corrected chi connectivity index (χ4v) is 6.12. The van der Waals surface area contributed by atoms with E-state index in [9.17, 15) is 5.11 Å². The zero-order chi connectivity index (χ0) is 22.6. The van der Waals surface area contributed by atoms with Crippen molar-refractivity contribution >= 4 is 29.2 Å². The van der Waals surface area contributed by atoms with E-state index in [1.807, 2.05) is 37.6 Å². The van der Waals surface area contributed by atoms with E-state index in [1.165, 1.54) is 5.56 Å². The molecule has 33 heavy (non-hydrogen) atoms. The molecular weight excluding hydrogens is 434 g/mol. The second-order valence-electron chi connectivity index (χ2n) is 9.10. The zero-order valence-electron chi connectivity index (χ0n) is 18.4. The molecule has 0 bridgehead atoms. The molecule has 9 heteroatoms. The van der Waals surface area contributed by atoms with E-state index in [2.05, 4.69) is 24.3 Å². The quantitative estimate of drug-likeness (QED) is 0.478. The highest BCUT2D eigenvalue weighted by molar-refractivity contribution is 7.99. The molecule has 1 aliphatic heterocycles. The molecule has 1 aliphatic carbocycles. The van der Waals surface area contributed by atoms with Gasteiger partial charge in [0.2, 0.25) is 5.95 Å². The SMILES string of the molecule is Cc1c(Sc2cnc(N3CCC4(CC3)Cc3cc(O)cnc3C4)n3ccnc23)ccnc1N. The van der Waals surface area contributed by atoms with Crippen molar-refractivity contribution in [1.82, 2.24) is 24.3 Å². The Labute approximate surface area is 195 Å². The molecule has 1 saturated heterocycles. The van der Waals surface area contributed by atoms with Crippen LogP contribution < -0.4 is 10.6 Å². The van der Waals surface area contributed by atoms with Gasteiger partial charge in [0.1, 0.15) is 11.6 Å². The molecule has 0 saturated carbocycles. The number of hydrogen-bond acceptors (Lipinski definition) is 8. The molecule has 0 unspecified atom stereocenters. The van der Waals surface area contributed by atoms with E-state index in [0.717, 1.165) is 71.4 Å². The molecule has 8 nitrogen and oxygen atoms in total. The molecule has 4 aromatic rings. The highest BCUT2D eigenvalue weighted by Gasteiger charge is 2.41. The van der Waals surface area contributed by atoms with E-state index in [1.54, 1.807) is 24.2 Å². The number of piperidine rings is 1. The summed E-state index contributed by atoms with van der Waals surface area (Å²) in [7, 11) is 0. The van der Waals surface area contributed by atoms with Gasteiger partial charge in [0.25, 0.3) is 0 Å². The maximum absolute atomic E-state index is 9.80. The Morgan fingerprint density at radius 3 is 2.73 bits per heavy atom. The lowest BCUT2D eigenvalue weighted by Gasteiger charge is -2.39. The van der Waals surface area contributed by atoms with Gasteiger partial charge in [0, 0.05) is 54.0 Å². The number of aromatic hydroxyl groups is 1. The second kappa shape index (κ2) is 7.62. The standard InChI is InChI=1S/C24H25N7OS/c1-15-19(2-5-26-21(15)25)33-20-14-29-23(31-9-6-27-22(20)31)30-7-3-24(4-8-30)11-16-10-17(32)13-28-18(16)12-24/h2,5-6,9-10,13-14,32H,3-4,7-8,11-12H2,1H3,(H2,25,26). The van der Waals surface area contributed by atoms with E-state index < -0.39 is 0 Å². The topological polar surface area (TPSA) is 105 Å². The van der Waals surface area contributed by atoms with Crippen LogP contribution in [0.4, 0.5) is 11.8 Å². The van der Waals surface area contributed by atoms with Gasteiger partial charge in [-0.3, -0.25) is 9.38 Å². The van der Waals surface area contributed by atoms with Gasteiger partial charge >= 0.3 is 0 Å². The van der Waals surface area contributed by atoms with E-state index in [0.29, 0.717) is 5.82 Å². The summed E-state index contributed by atoms with van der Waals surface area (Å²) >= 11 is 1.62. The van der Waals surface area contributed by atoms with Gasteiger partial charge in [-0.25, -0.2) is 15.0 Å². The minimum absolute atomic E-state index is 0.238. The summed E-state index contributed by atoms with van der Waals surface area (Å²) in [5.74, 6) is 1.74. The first kappa shape index (κ1) is 20.3. The Morgan fingerprint density at radius 2 is 1.88 bits per heavy atom. The lowest BCUT2D eigenvalue weighted by molar-refractivity contribution is 0.230. The van der Waals surface area contributed by atoms with E-state index in [-0.39, 0.29) is 11.2 Å². The van der Waals surface area contributed by atoms with Crippen LogP contribution in [-0.4, -0.2) is 42.5 Å². The second-order valence-corrected chi connectivity index (χ2v) is 10.2. The molecule has 0 amide bonds. The maximum atomic E-state index is 9.80. The van der Waals surface area contributed by atoms with Crippen LogP contribution in [0.25, 0.3) is 5.65 Å². The van der Waals surface area contributed by atoms with Gasteiger partial charge in [0.05, 0.1) is 11.1 Å². The van der Waals surface area contributed by atoms with Crippen molar-refractivity contribution in [2.24, 2.45) is 5.41 Å². The van der Waals surface area contributed by atoms with Crippen molar-refractivity contribution < 1.29 is 5.11 Å². The summed E-state index contributed by atoms with van der Waals surface area (Å²) in [4.78, 5) is 22.5. The minimum Gasteiger partial charge on any atom is -0.506 e. The van der Waals surface area contributed by atoms with Crippen molar-refractivity contribution in [1.29, 1.82) is 0 Å². The van der Waals surface area contributed by atoms with Crippen molar-refractivity contribution in [3.8, 4) is 5.75 Å². The van der Waals surface area contributed by atoms with Crippen LogP contribution in [0.3, 0.4) is 0 Å². The molecule has 4 aromatic heterocycles. The molecule has 1 fully saturated rings. The summed E-state index contributed by atoms with van der Waals surface area (Å²) < 4.78 is 2.09. The molecule has 0 aromatic carbocycles. The first-order valence-electron chi connectivity index (χ1n) is 11.1. The lowest BCUT2D eigenvalue weighted by atomic mass is 9.76. The Morgan fingerprint density at radius 1 is 1.03 bits per heavy atom. The summed E-state index contributed by atoms with van der Waals surface area (Å²) in [5.41, 5.74) is 10.4. The van der Waals surface area contributed by atoms with Crippen LogP contribution in [0.5, 0.6) is 5.75 Å². The zero-order valence-corrected chi connectivity index (χ0v) is 19.2. The summed E-state index contributed by atoms with van der Waals surface area (Å²) in [6.45, 7) is 3.86. The number of hydrogen-bond donors (Lipinski definition) is 2. The Balaban J connectivity index is 1.23. The number of rotatable bonds is 3. The average Bonchev–Trinajstić information content (AvgIpc) is 3.43. The first-order chi connectivity index (χ1) is 16.0. The highest BCUT2D eigenvalue weighted by atomic mass is 32.2. The molecule has 1 spiro atoms. The third-order valence-corrected chi connectivity index (χ3v) is 8.22. The number of anilines is 2. The van der Waals surface area contributed by atoms with Crippen molar-refractivity contribution in [3.63, 3.8) is 0 Å². The molecule has 0 atom stereocenters. The Kier molecular flexibility index (Phi) is 4.69. The van der Waals surface area contributed by atoms with Crippen molar-refractivity contribution in [2.45, 2.75) is 42.4 Å². The average molecular weight is 460 g/mol. The Bertz CT molecular complexity index is 1360. The summed E-state index contributed by atoms with van der Waals surface area (Å²) in [6, 6.07) is 3.86. The van der Waals surface area contributed by atoms with Gasteiger partial charge < -0.3 is 15.7 Å². The van der Waals surface area contributed by atoms with Crippen LogP contribution in [0.2, 0.25) is 0 Å². The number of imidazole rings is 1. The third-order valence-electron chi connectivity index (χ3n) is 7.05. The summed E-state index contributed by atoms with van der Waals surface area (Å²) in [5, 5.41) is 9.80. The van der Waals surface area contributed by atoms with Crippen molar-refractivity contribution in [2.75, 3.05) is 23.7 Å². The van der Waals surface area contributed by atoms with E-state index >= 15 is 0 Å². The fourth-order valence-electron chi connectivity index (χ4n) is 5.15. The van der Waals surface area contributed by atoms with Crippen LogP contribution in [0.15, 0.2) is 52.9 Å². The molecule has 3 N–H and O–H groups in total. The fraction of sp³-hybridized carbons (Fsp3) is 0.333. The van der Waals surface area contributed by atoms with Gasteiger partial charge in [0.15, 0.2) is 5.65 Å². The number of nitrogens with zero attached hydrogens (tertiary/aromatic N) is 6. The van der Waals surface area contributed by atoms with Crippen molar-refractivity contribution in [3.05, 3.63) is 59.9 Å². The molecule has 0 radical (unpaired) electrons. The smallest absolute Gasteiger partial charge is 0.211 e. The van der Waals surface area contributed by atoms with Gasteiger partial charge in [-0.15, -0.1) is 0 Å². The highest BCUT2D eigenvalue weighted by Crippen LogP contribution is 2.45. The summed E-state index contributed by atoms with van der Waals surface area (Å²) in [6.07, 6.45) is 13.2. The molecule has 2 aliphatic rings. The van der Waals surface area contributed by atoms with Crippen LogP contribution in [-0.2, 0) is 12.8 Å². The molecule has 168 valence electrons. The van der Waals surface area contributed by atoms with Gasteiger partial charge in [-0.05, 0) is 55.7 Å². The first-order valence-corrected chi connectivity index (χ1v) is 12.0. The lowest BCUT2D eigenvalue weighted by Crippen LogP contribution is -2.41. The predicted molar refractivity (Wildman–Crippen MR) is 128 cm³/mol. The Hall–Kier alpha value is -3.33. The number of pyridine rings is 2. The minimum atomic E-state index is 0.238. The normalized spacial score (nSPS) is 17.1. The largest absolute Gasteiger partial charge is 0.506 e. The van der Waals surface area contributed by atoms with Crippen LogP contribution >= 0.6 is 11.8 Å². The number of nitrogens with two attached hydrogens (primary N) is 1. The number of nitrogen functional groups attached to an aromatic ring is 1. The molecule has 6 rings (SSSR count). The maximum Gasteiger partial charge on any atom is 0.211 e.